The molecule has 5 nitrogen and oxygen atoms in total. The standard InChI is InChI=1S/C38H38F2N4O/c1-6-44(7-2)31-16-13-26(14-17-31)11-12-28-19-27(21-37(3,4)22-28)9-8-10-33-32(25-43)36(29(23-41)24-42)45-38(33,5)34-18-15-30(39)20-35(34)40/h8-16,18-20,31H,6-7,17,21-22H2,1-5H3/b10-8+,12-11+,27-9-. The van der Waals surface area contributed by atoms with Crippen LogP contribution in [0, 0.1) is 51.0 Å². The predicted octanol–water partition coefficient (Wildman–Crippen LogP) is 8.71. The van der Waals surface area contributed by atoms with Crippen molar-refractivity contribution in [2.75, 3.05) is 13.1 Å². The monoisotopic (exact) mass is 604 g/mol. The zero-order valence-electron chi connectivity index (χ0n) is 26.5. The van der Waals surface area contributed by atoms with Crippen molar-refractivity contribution in [3.63, 3.8) is 0 Å². The van der Waals surface area contributed by atoms with Crippen molar-refractivity contribution in [3.05, 3.63) is 129 Å². The minimum atomic E-state index is -1.58. The highest BCUT2D eigenvalue weighted by atomic mass is 19.1. The largest absolute Gasteiger partial charge is 0.474 e. The van der Waals surface area contributed by atoms with Crippen molar-refractivity contribution in [2.45, 2.75) is 65.5 Å². The number of rotatable bonds is 8. The van der Waals surface area contributed by atoms with Gasteiger partial charge in [0.05, 0.1) is 0 Å². The van der Waals surface area contributed by atoms with E-state index >= 15 is 4.39 Å². The maximum Gasteiger partial charge on any atom is 0.172 e. The second kappa shape index (κ2) is 13.9. The summed E-state index contributed by atoms with van der Waals surface area (Å²) in [5, 5.41) is 29.1. The van der Waals surface area contributed by atoms with Crippen LogP contribution in [-0.2, 0) is 10.3 Å². The summed E-state index contributed by atoms with van der Waals surface area (Å²) < 4.78 is 34.8. The lowest BCUT2D eigenvalue weighted by molar-refractivity contribution is 0.0718. The third-order valence-corrected chi connectivity index (χ3v) is 8.51. The Kier molecular flexibility index (Phi) is 10.2. The zero-order chi connectivity index (χ0) is 32.8. The van der Waals surface area contributed by atoms with Crippen LogP contribution >= 0.6 is 0 Å². The summed E-state index contributed by atoms with van der Waals surface area (Å²) in [4.78, 5) is 2.44. The van der Waals surface area contributed by atoms with Gasteiger partial charge in [-0.05, 0) is 73.5 Å². The van der Waals surface area contributed by atoms with Crippen molar-refractivity contribution < 1.29 is 13.5 Å². The molecule has 45 heavy (non-hydrogen) atoms. The van der Waals surface area contributed by atoms with Gasteiger partial charge in [0.15, 0.2) is 16.9 Å². The van der Waals surface area contributed by atoms with Gasteiger partial charge in [-0.2, -0.15) is 15.8 Å². The predicted molar refractivity (Wildman–Crippen MR) is 172 cm³/mol. The van der Waals surface area contributed by atoms with Gasteiger partial charge < -0.3 is 4.74 Å². The summed E-state index contributed by atoms with van der Waals surface area (Å²) in [7, 11) is 0. The number of hydrogen-bond acceptors (Lipinski definition) is 5. The molecule has 4 rings (SSSR count). The first-order chi connectivity index (χ1) is 21.5. The van der Waals surface area contributed by atoms with Crippen LogP contribution in [0.2, 0.25) is 0 Å². The van der Waals surface area contributed by atoms with E-state index in [0.717, 1.165) is 50.1 Å². The van der Waals surface area contributed by atoms with Crippen LogP contribution in [0.3, 0.4) is 0 Å². The van der Waals surface area contributed by atoms with Crippen molar-refractivity contribution in [1.82, 2.24) is 4.90 Å². The molecule has 0 spiro atoms. The highest BCUT2D eigenvalue weighted by Crippen LogP contribution is 2.48. The summed E-state index contributed by atoms with van der Waals surface area (Å²) in [5.41, 5.74) is 1.71. The molecule has 0 saturated heterocycles. The van der Waals surface area contributed by atoms with E-state index in [0.29, 0.717) is 6.04 Å². The lowest BCUT2D eigenvalue weighted by Crippen LogP contribution is -2.33. The Bertz CT molecular complexity index is 1710. The molecule has 230 valence electrons. The molecule has 1 aliphatic heterocycles. The molecule has 2 unspecified atom stereocenters. The van der Waals surface area contributed by atoms with Crippen LogP contribution in [0.1, 0.15) is 59.4 Å². The fourth-order valence-corrected chi connectivity index (χ4v) is 6.31. The fourth-order valence-electron chi connectivity index (χ4n) is 6.31. The molecule has 0 aromatic heterocycles. The Labute approximate surface area is 265 Å². The topological polar surface area (TPSA) is 83.8 Å². The van der Waals surface area contributed by atoms with Crippen LogP contribution in [0.5, 0.6) is 0 Å². The zero-order valence-corrected chi connectivity index (χ0v) is 26.5. The number of hydrogen-bond donors (Lipinski definition) is 0. The molecule has 3 aliphatic rings. The summed E-state index contributed by atoms with van der Waals surface area (Å²) in [6.07, 6.45) is 21.3. The maximum atomic E-state index is 15.0. The normalized spacial score (nSPS) is 23.6. The van der Waals surface area contributed by atoms with E-state index in [4.69, 9.17) is 4.74 Å². The SMILES string of the molecule is CCN(CC)C1C=CC(/C=C/C2=CC(=C/C=C/C3=C(C#N)C(=C(C#N)C#N)OC3(C)c3ccc(F)cc3F)/CC(C)(C)C2)=CC1. The van der Waals surface area contributed by atoms with Crippen LogP contribution in [0.25, 0.3) is 0 Å². The number of benzene rings is 1. The number of allylic oxidation sites excluding steroid dienone is 11. The van der Waals surface area contributed by atoms with Gasteiger partial charge in [-0.25, -0.2) is 8.78 Å². The summed E-state index contributed by atoms with van der Waals surface area (Å²) in [5.74, 6) is -1.84. The average molecular weight is 605 g/mol. The molecular weight excluding hydrogens is 566 g/mol. The second-order valence-corrected chi connectivity index (χ2v) is 12.3. The first kappa shape index (κ1) is 33.1. The van der Waals surface area contributed by atoms with E-state index in [9.17, 15) is 20.2 Å². The quantitative estimate of drug-likeness (QED) is 0.277. The molecule has 0 radical (unpaired) electrons. The van der Waals surface area contributed by atoms with E-state index in [-0.39, 0.29) is 27.9 Å². The molecule has 2 aliphatic carbocycles. The van der Waals surface area contributed by atoms with E-state index < -0.39 is 22.8 Å². The minimum Gasteiger partial charge on any atom is -0.474 e. The van der Waals surface area contributed by atoms with Crippen molar-refractivity contribution in [3.8, 4) is 18.2 Å². The Morgan fingerprint density at radius 2 is 1.78 bits per heavy atom. The minimum absolute atomic E-state index is 0.0163. The van der Waals surface area contributed by atoms with Gasteiger partial charge in [0, 0.05) is 23.2 Å². The highest BCUT2D eigenvalue weighted by molar-refractivity contribution is 5.62. The Morgan fingerprint density at radius 3 is 2.38 bits per heavy atom. The second-order valence-electron chi connectivity index (χ2n) is 12.3. The molecule has 0 amide bonds. The summed E-state index contributed by atoms with van der Waals surface area (Å²) in [6.45, 7) is 12.4. The van der Waals surface area contributed by atoms with Gasteiger partial charge in [0.2, 0.25) is 0 Å². The van der Waals surface area contributed by atoms with Gasteiger partial charge >= 0.3 is 0 Å². The number of nitrogens with zero attached hydrogens (tertiary/aromatic N) is 4. The van der Waals surface area contributed by atoms with Gasteiger partial charge in [-0.3, -0.25) is 4.90 Å². The highest BCUT2D eigenvalue weighted by Gasteiger charge is 2.45. The first-order valence-electron chi connectivity index (χ1n) is 15.2. The number of ether oxygens (including phenoxy) is 1. The molecular formula is C38H38F2N4O. The van der Waals surface area contributed by atoms with E-state index in [1.165, 1.54) is 24.1 Å². The molecule has 0 bridgehead atoms. The molecule has 1 heterocycles. The molecule has 1 aromatic rings. The van der Waals surface area contributed by atoms with Crippen molar-refractivity contribution in [2.24, 2.45) is 5.41 Å². The van der Waals surface area contributed by atoms with Crippen LogP contribution in [-0.4, -0.2) is 24.0 Å². The summed E-state index contributed by atoms with van der Waals surface area (Å²) in [6, 6.07) is 9.07. The van der Waals surface area contributed by atoms with Crippen LogP contribution in [0.15, 0.2) is 112 Å². The maximum absolute atomic E-state index is 15.0. The first-order valence-corrected chi connectivity index (χ1v) is 15.2. The van der Waals surface area contributed by atoms with Gasteiger partial charge in [0.25, 0.3) is 0 Å². The fraction of sp³-hybridized carbons (Fsp3) is 0.342. The molecule has 0 N–H and O–H groups in total. The molecule has 0 fully saturated rings. The van der Waals surface area contributed by atoms with E-state index in [2.05, 4.69) is 69.1 Å². The lowest BCUT2D eigenvalue weighted by atomic mass is 9.75. The van der Waals surface area contributed by atoms with E-state index in [1.807, 2.05) is 12.1 Å². The molecule has 1 aromatic carbocycles. The van der Waals surface area contributed by atoms with Crippen molar-refractivity contribution >= 4 is 0 Å². The smallest absolute Gasteiger partial charge is 0.172 e. The van der Waals surface area contributed by atoms with Crippen LogP contribution in [0.4, 0.5) is 8.78 Å². The van der Waals surface area contributed by atoms with Crippen molar-refractivity contribution in [1.29, 1.82) is 15.8 Å². The number of likely N-dealkylation sites (N-methyl/N-ethyl adjacent to an activating group) is 1. The average Bonchev–Trinajstić information content (AvgIpc) is 3.28. The Balaban J connectivity index is 1.67. The lowest BCUT2D eigenvalue weighted by Gasteiger charge is -2.30. The summed E-state index contributed by atoms with van der Waals surface area (Å²) >= 11 is 0. The Morgan fingerprint density at radius 1 is 1.04 bits per heavy atom. The third kappa shape index (κ3) is 7.31. The van der Waals surface area contributed by atoms with Crippen LogP contribution < -0.4 is 0 Å². The number of halogens is 2. The molecule has 7 heteroatoms. The number of nitriles is 3. The third-order valence-electron chi connectivity index (χ3n) is 8.51. The van der Waals surface area contributed by atoms with Gasteiger partial charge in [-0.15, -0.1) is 0 Å². The Hall–Kier alpha value is -4.77. The van der Waals surface area contributed by atoms with Gasteiger partial charge in [-0.1, -0.05) is 82.4 Å². The van der Waals surface area contributed by atoms with E-state index in [1.54, 1.807) is 24.3 Å². The molecule has 2 atom stereocenters. The molecule has 0 saturated carbocycles. The van der Waals surface area contributed by atoms with Gasteiger partial charge in [0.1, 0.15) is 35.4 Å².